The highest BCUT2D eigenvalue weighted by atomic mass is 32.2. The molecule has 0 aliphatic carbocycles. The maximum absolute atomic E-state index is 11.3. The number of primary sulfonamides is 1. The molecule has 1 rings (SSSR count). The van der Waals surface area contributed by atoms with E-state index in [-0.39, 0.29) is 0 Å². The van der Waals surface area contributed by atoms with Crippen molar-refractivity contribution in [1.29, 1.82) is 0 Å². The first kappa shape index (κ1) is 13.5. The first-order valence-electron chi connectivity index (χ1n) is 4.05. The molecule has 0 radical (unpaired) electrons. The van der Waals surface area contributed by atoms with E-state index in [0.717, 1.165) is 24.5 Å². The maximum atomic E-state index is 11.3. The highest BCUT2D eigenvalue weighted by Gasteiger charge is 2.30. The van der Waals surface area contributed by atoms with Crippen molar-refractivity contribution >= 4 is 25.5 Å². The number of sulfonamides is 1. The first-order valence-corrected chi connectivity index (χ1v) is 7.49. The highest BCUT2D eigenvalue weighted by molar-refractivity contribution is 7.91. The summed E-state index contributed by atoms with van der Waals surface area (Å²) in [6.45, 7) is 0. The quantitative estimate of drug-likeness (QED) is 0.593. The molecule has 0 amide bonds. The van der Waals surface area contributed by atoms with E-state index in [1.165, 1.54) is 0 Å². The molecule has 0 aliphatic rings. The second-order valence-electron chi connectivity index (χ2n) is 3.18. The zero-order chi connectivity index (χ0) is 13.4. The Balaban J connectivity index is 3.86. The molecule has 0 saturated carbocycles. The van der Waals surface area contributed by atoms with Gasteiger partial charge >= 0.3 is 5.69 Å². The topological polar surface area (TPSA) is 137 Å². The standard InChI is InChI=1S/C7H8N2O6S2/c1-16(12,13)5-3-2-4-6(17(8,14)15)7(5)9(10)11/h2-4H,1H3,(H2,8,14,15). The van der Waals surface area contributed by atoms with Crippen molar-refractivity contribution in [3.8, 4) is 0 Å². The van der Waals surface area contributed by atoms with E-state index in [9.17, 15) is 26.9 Å². The van der Waals surface area contributed by atoms with E-state index in [1.807, 2.05) is 0 Å². The van der Waals surface area contributed by atoms with Gasteiger partial charge in [-0.3, -0.25) is 10.1 Å². The van der Waals surface area contributed by atoms with Gasteiger partial charge in [-0.1, -0.05) is 6.07 Å². The van der Waals surface area contributed by atoms with E-state index in [4.69, 9.17) is 5.14 Å². The minimum atomic E-state index is -4.37. The first-order chi connectivity index (χ1) is 7.55. The molecular formula is C7H8N2O6S2. The summed E-state index contributed by atoms with van der Waals surface area (Å²) in [5.41, 5.74) is -1.03. The zero-order valence-corrected chi connectivity index (χ0v) is 10.2. The number of sulfone groups is 1. The SMILES string of the molecule is CS(=O)(=O)c1cccc(S(N)(=O)=O)c1[N+](=O)[O-]. The summed E-state index contributed by atoms with van der Waals surface area (Å²) in [6, 6.07) is 2.90. The lowest BCUT2D eigenvalue weighted by atomic mass is 10.3. The van der Waals surface area contributed by atoms with Crippen LogP contribution in [0.3, 0.4) is 0 Å². The molecule has 0 spiro atoms. The molecule has 8 nitrogen and oxygen atoms in total. The van der Waals surface area contributed by atoms with Crippen LogP contribution in [0.15, 0.2) is 28.0 Å². The van der Waals surface area contributed by atoms with Crippen LogP contribution in [0.4, 0.5) is 5.69 Å². The predicted molar refractivity (Wildman–Crippen MR) is 57.6 cm³/mol. The maximum Gasteiger partial charge on any atom is 0.307 e. The van der Waals surface area contributed by atoms with Crippen molar-refractivity contribution in [3.63, 3.8) is 0 Å². The van der Waals surface area contributed by atoms with Gasteiger partial charge in [0.1, 0.15) is 4.90 Å². The number of benzene rings is 1. The molecule has 0 saturated heterocycles. The minimum absolute atomic E-state index is 0.686. The Morgan fingerprint density at radius 2 is 1.65 bits per heavy atom. The Morgan fingerprint density at radius 1 is 1.18 bits per heavy atom. The molecule has 0 bridgehead atoms. The summed E-state index contributed by atoms with van der Waals surface area (Å²) in [7, 11) is -8.29. The van der Waals surface area contributed by atoms with Crippen molar-refractivity contribution in [2.75, 3.05) is 6.26 Å². The van der Waals surface area contributed by atoms with Crippen LogP contribution in [0.25, 0.3) is 0 Å². The monoisotopic (exact) mass is 280 g/mol. The Kier molecular flexibility index (Phi) is 3.23. The summed E-state index contributed by atoms with van der Waals surface area (Å²) >= 11 is 0. The van der Waals surface area contributed by atoms with Crippen LogP contribution in [-0.2, 0) is 19.9 Å². The fourth-order valence-corrected chi connectivity index (χ4v) is 2.86. The smallest absolute Gasteiger partial charge is 0.258 e. The summed E-state index contributed by atoms with van der Waals surface area (Å²) in [4.78, 5) is 8.16. The van der Waals surface area contributed by atoms with Crippen molar-refractivity contribution in [2.24, 2.45) is 5.14 Å². The normalized spacial score (nSPS) is 12.4. The fraction of sp³-hybridized carbons (Fsp3) is 0.143. The number of hydrogen-bond donors (Lipinski definition) is 1. The van der Waals surface area contributed by atoms with E-state index in [1.54, 1.807) is 0 Å². The van der Waals surface area contributed by atoms with E-state index in [2.05, 4.69) is 0 Å². The molecule has 0 fully saturated rings. The molecule has 0 aromatic heterocycles. The molecule has 0 heterocycles. The van der Waals surface area contributed by atoms with Crippen LogP contribution >= 0.6 is 0 Å². The zero-order valence-electron chi connectivity index (χ0n) is 8.52. The average Bonchev–Trinajstić information content (AvgIpc) is 2.13. The third-order valence-electron chi connectivity index (χ3n) is 1.85. The second-order valence-corrected chi connectivity index (χ2v) is 6.69. The molecule has 10 heteroatoms. The third kappa shape index (κ3) is 2.78. The third-order valence-corrected chi connectivity index (χ3v) is 3.92. The Morgan fingerprint density at radius 3 is 2.00 bits per heavy atom. The number of hydrogen-bond acceptors (Lipinski definition) is 6. The van der Waals surface area contributed by atoms with Crippen LogP contribution in [-0.4, -0.2) is 28.0 Å². The average molecular weight is 280 g/mol. The summed E-state index contributed by atoms with van der Waals surface area (Å²) in [5, 5.41) is 15.5. The number of nitrogens with two attached hydrogens (primary N) is 1. The van der Waals surface area contributed by atoms with E-state index >= 15 is 0 Å². The number of nitrogens with zero attached hydrogens (tertiary/aromatic N) is 1. The van der Waals surface area contributed by atoms with Gasteiger partial charge in [-0.15, -0.1) is 0 Å². The Hall–Kier alpha value is -1.52. The molecule has 1 aromatic carbocycles. The summed E-state index contributed by atoms with van der Waals surface area (Å²) in [5.74, 6) is 0. The molecule has 1 aromatic rings. The van der Waals surface area contributed by atoms with Crippen molar-refractivity contribution < 1.29 is 21.8 Å². The van der Waals surface area contributed by atoms with Crippen LogP contribution < -0.4 is 5.14 Å². The number of nitro groups is 1. The van der Waals surface area contributed by atoms with Gasteiger partial charge in [0, 0.05) is 6.26 Å². The van der Waals surface area contributed by atoms with E-state index < -0.39 is 40.3 Å². The fourth-order valence-electron chi connectivity index (χ4n) is 1.21. The lowest BCUT2D eigenvalue weighted by molar-refractivity contribution is -0.390. The van der Waals surface area contributed by atoms with E-state index in [0.29, 0.717) is 0 Å². The lowest BCUT2D eigenvalue weighted by Crippen LogP contribution is -2.16. The summed E-state index contributed by atoms with van der Waals surface area (Å²) < 4.78 is 44.8. The molecule has 0 unspecified atom stereocenters. The van der Waals surface area contributed by atoms with Crippen molar-refractivity contribution in [2.45, 2.75) is 9.79 Å². The number of para-hydroxylation sites is 1. The van der Waals surface area contributed by atoms with Gasteiger partial charge in [-0.2, -0.15) is 0 Å². The Bertz CT molecular complexity index is 626. The van der Waals surface area contributed by atoms with Gasteiger partial charge in [0.05, 0.1) is 4.92 Å². The van der Waals surface area contributed by atoms with Gasteiger partial charge in [0.25, 0.3) is 0 Å². The number of rotatable bonds is 3. The summed E-state index contributed by atoms with van der Waals surface area (Å²) in [6.07, 6.45) is 0.738. The van der Waals surface area contributed by atoms with Gasteiger partial charge in [0.2, 0.25) is 10.0 Å². The van der Waals surface area contributed by atoms with Crippen LogP contribution in [0.2, 0.25) is 0 Å². The van der Waals surface area contributed by atoms with Crippen molar-refractivity contribution in [1.82, 2.24) is 0 Å². The Labute approximate surface area is 97.2 Å². The molecule has 0 atom stereocenters. The molecule has 0 aliphatic heterocycles. The second kappa shape index (κ2) is 4.05. The minimum Gasteiger partial charge on any atom is -0.258 e. The van der Waals surface area contributed by atoms with Gasteiger partial charge in [-0.25, -0.2) is 22.0 Å². The lowest BCUT2D eigenvalue weighted by Gasteiger charge is -2.04. The largest absolute Gasteiger partial charge is 0.307 e. The van der Waals surface area contributed by atoms with Crippen molar-refractivity contribution in [3.05, 3.63) is 28.3 Å². The molecular weight excluding hydrogens is 272 g/mol. The predicted octanol–water partition coefficient (Wildman–Crippen LogP) is -0.354. The van der Waals surface area contributed by atoms with Crippen LogP contribution in [0.1, 0.15) is 0 Å². The van der Waals surface area contributed by atoms with Gasteiger partial charge in [-0.05, 0) is 12.1 Å². The van der Waals surface area contributed by atoms with Gasteiger partial charge < -0.3 is 0 Å². The van der Waals surface area contributed by atoms with Crippen LogP contribution in [0.5, 0.6) is 0 Å². The molecule has 94 valence electrons. The molecule has 17 heavy (non-hydrogen) atoms. The highest BCUT2D eigenvalue weighted by Crippen LogP contribution is 2.30. The van der Waals surface area contributed by atoms with Crippen LogP contribution in [0, 0.1) is 10.1 Å². The molecule has 2 N–H and O–H groups in total. The van der Waals surface area contributed by atoms with Gasteiger partial charge in [0.15, 0.2) is 14.7 Å². The number of nitro benzene ring substituents is 1.